The third-order valence-corrected chi connectivity index (χ3v) is 4.38. The van der Waals surface area contributed by atoms with Crippen molar-refractivity contribution in [1.82, 2.24) is 14.9 Å². The van der Waals surface area contributed by atoms with Crippen molar-refractivity contribution >= 4 is 11.9 Å². The maximum absolute atomic E-state index is 12.3. The zero-order valence-corrected chi connectivity index (χ0v) is 13.1. The molecule has 0 bridgehead atoms. The first-order chi connectivity index (χ1) is 10.8. The predicted molar refractivity (Wildman–Crippen MR) is 86.8 cm³/mol. The number of amides is 1. The van der Waals surface area contributed by atoms with Gasteiger partial charge >= 0.3 is 0 Å². The second-order valence-electron chi connectivity index (χ2n) is 6.05. The van der Waals surface area contributed by atoms with Crippen molar-refractivity contribution in [3.63, 3.8) is 0 Å². The van der Waals surface area contributed by atoms with Crippen LogP contribution >= 0.6 is 0 Å². The van der Waals surface area contributed by atoms with Crippen LogP contribution in [0.4, 0.5) is 5.95 Å². The maximum atomic E-state index is 12.3. The number of likely N-dealkylation sites (tertiary alicyclic amines) is 1. The normalized spacial score (nSPS) is 18.2. The molecule has 3 rings (SSSR count). The maximum Gasteiger partial charge on any atom is 0.272 e. The van der Waals surface area contributed by atoms with E-state index in [0.29, 0.717) is 11.6 Å². The first-order valence-corrected chi connectivity index (χ1v) is 8.37. The molecular formula is C17H24N4O. The number of anilines is 1. The van der Waals surface area contributed by atoms with Gasteiger partial charge in [0.25, 0.3) is 5.91 Å². The number of nitrogens with one attached hydrogen (secondary N) is 1. The molecule has 1 aromatic heterocycles. The summed E-state index contributed by atoms with van der Waals surface area (Å²) in [4.78, 5) is 22.8. The lowest BCUT2D eigenvalue weighted by Gasteiger charge is -2.15. The van der Waals surface area contributed by atoms with Crippen molar-refractivity contribution in [2.75, 3.05) is 25.0 Å². The molecular weight excluding hydrogens is 276 g/mol. The van der Waals surface area contributed by atoms with Gasteiger partial charge in [-0.25, -0.2) is 9.97 Å². The van der Waals surface area contributed by atoms with Gasteiger partial charge in [-0.05, 0) is 51.0 Å². The van der Waals surface area contributed by atoms with E-state index in [1.54, 1.807) is 12.3 Å². The van der Waals surface area contributed by atoms with Gasteiger partial charge in [0.1, 0.15) is 5.69 Å². The molecule has 0 aromatic carbocycles. The highest BCUT2D eigenvalue weighted by Crippen LogP contribution is 2.20. The number of carbonyl (C=O) groups is 1. The van der Waals surface area contributed by atoms with Crippen LogP contribution in [0.25, 0.3) is 0 Å². The summed E-state index contributed by atoms with van der Waals surface area (Å²) in [6.45, 7) is 2.52. The fourth-order valence-corrected chi connectivity index (χ4v) is 3.11. The van der Waals surface area contributed by atoms with E-state index in [-0.39, 0.29) is 5.91 Å². The minimum Gasteiger partial charge on any atom is -0.354 e. The molecule has 0 atom stereocenters. The van der Waals surface area contributed by atoms with E-state index in [0.717, 1.165) is 38.9 Å². The number of allylic oxidation sites excluding steroid dienone is 1. The van der Waals surface area contributed by atoms with Gasteiger partial charge in [-0.2, -0.15) is 0 Å². The van der Waals surface area contributed by atoms with E-state index in [4.69, 9.17) is 0 Å². The summed E-state index contributed by atoms with van der Waals surface area (Å²) < 4.78 is 0. The van der Waals surface area contributed by atoms with Crippen molar-refractivity contribution in [2.24, 2.45) is 0 Å². The molecule has 1 amide bonds. The van der Waals surface area contributed by atoms with Crippen LogP contribution in [0.1, 0.15) is 55.4 Å². The van der Waals surface area contributed by atoms with Crippen LogP contribution in [0.2, 0.25) is 0 Å². The third kappa shape index (κ3) is 3.84. The minimum atomic E-state index is 0.0259. The van der Waals surface area contributed by atoms with E-state index >= 15 is 0 Å². The second-order valence-corrected chi connectivity index (χ2v) is 6.05. The SMILES string of the molecule is O=C(c1ccnc(NCCC2=CCCCC2)n1)N1CCCC1. The molecule has 1 aromatic rings. The average Bonchev–Trinajstić information content (AvgIpc) is 3.10. The minimum absolute atomic E-state index is 0.0259. The zero-order chi connectivity index (χ0) is 15.2. The molecule has 1 aliphatic carbocycles. The number of carbonyl (C=O) groups excluding carboxylic acids is 1. The van der Waals surface area contributed by atoms with Gasteiger partial charge in [0.15, 0.2) is 0 Å². The molecule has 0 spiro atoms. The van der Waals surface area contributed by atoms with Crippen molar-refractivity contribution in [1.29, 1.82) is 0 Å². The Bertz CT molecular complexity index is 549. The Morgan fingerprint density at radius 1 is 1.23 bits per heavy atom. The van der Waals surface area contributed by atoms with Crippen LogP contribution in [0.3, 0.4) is 0 Å². The first-order valence-electron chi connectivity index (χ1n) is 8.37. The Kier molecular flexibility index (Phi) is 5.03. The number of aromatic nitrogens is 2. The first kappa shape index (κ1) is 15.0. The quantitative estimate of drug-likeness (QED) is 0.849. The van der Waals surface area contributed by atoms with Crippen LogP contribution < -0.4 is 5.32 Å². The molecule has 0 saturated carbocycles. The molecule has 22 heavy (non-hydrogen) atoms. The lowest BCUT2D eigenvalue weighted by molar-refractivity contribution is 0.0787. The van der Waals surface area contributed by atoms with Crippen molar-refractivity contribution in [3.8, 4) is 0 Å². The second kappa shape index (κ2) is 7.38. The summed E-state index contributed by atoms with van der Waals surface area (Å²) in [6, 6.07) is 1.70. The third-order valence-electron chi connectivity index (χ3n) is 4.38. The van der Waals surface area contributed by atoms with Crippen LogP contribution in [-0.2, 0) is 0 Å². The van der Waals surface area contributed by atoms with Gasteiger partial charge in [-0.3, -0.25) is 4.79 Å². The molecule has 118 valence electrons. The van der Waals surface area contributed by atoms with Gasteiger partial charge in [0.05, 0.1) is 0 Å². The summed E-state index contributed by atoms with van der Waals surface area (Å²) in [5, 5.41) is 3.24. The molecule has 1 N–H and O–H groups in total. The van der Waals surface area contributed by atoms with Gasteiger partial charge < -0.3 is 10.2 Å². The highest BCUT2D eigenvalue weighted by atomic mass is 16.2. The lowest BCUT2D eigenvalue weighted by atomic mass is 9.97. The number of nitrogens with zero attached hydrogens (tertiary/aromatic N) is 3. The van der Waals surface area contributed by atoms with E-state index in [9.17, 15) is 4.79 Å². The van der Waals surface area contributed by atoms with Crippen molar-refractivity contribution < 1.29 is 4.79 Å². The number of rotatable bonds is 5. The van der Waals surface area contributed by atoms with Crippen LogP contribution in [-0.4, -0.2) is 40.4 Å². The number of hydrogen-bond acceptors (Lipinski definition) is 4. The molecule has 5 heteroatoms. The summed E-state index contributed by atoms with van der Waals surface area (Å²) in [7, 11) is 0. The summed E-state index contributed by atoms with van der Waals surface area (Å²) in [5.74, 6) is 0.583. The molecule has 0 radical (unpaired) electrons. The largest absolute Gasteiger partial charge is 0.354 e. The van der Waals surface area contributed by atoms with Gasteiger partial charge in [-0.1, -0.05) is 11.6 Å². The molecule has 0 unspecified atom stereocenters. The van der Waals surface area contributed by atoms with E-state index in [1.807, 2.05) is 4.90 Å². The smallest absolute Gasteiger partial charge is 0.272 e. The van der Waals surface area contributed by atoms with E-state index < -0.39 is 0 Å². The van der Waals surface area contributed by atoms with E-state index in [2.05, 4.69) is 21.4 Å². The molecule has 1 fully saturated rings. The van der Waals surface area contributed by atoms with Crippen molar-refractivity contribution in [2.45, 2.75) is 44.9 Å². The Morgan fingerprint density at radius 3 is 2.86 bits per heavy atom. The zero-order valence-electron chi connectivity index (χ0n) is 13.1. The summed E-state index contributed by atoms with van der Waals surface area (Å²) in [5.41, 5.74) is 2.03. The Balaban J connectivity index is 1.54. The topological polar surface area (TPSA) is 58.1 Å². The van der Waals surface area contributed by atoms with Crippen molar-refractivity contribution in [3.05, 3.63) is 29.6 Å². The monoisotopic (exact) mass is 300 g/mol. The Labute approximate surface area is 131 Å². The standard InChI is InChI=1S/C17H24N4O/c22-16(21-12-4-5-13-21)15-9-11-19-17(20-15)18-10-8-14-6-2-1-3-7-14/h6,9,11H,1-5,7-8,10,12-13H2,(H,18,19,20). The lowest BCUT2D eigenvalue weighted by Crippen LogP contribution is -2.28. The fraction of sp³-hybridized carbons (Fsp3) is 0.588. The predicted octanol–water partition coefficient (Wildman–Crippen LogP) is 3.02. The van der Waals surface area contributed by atoms with Gasteiger partial charge in [0.2, 0.25) is 5.95 Å². The fourth-order valence-electron chi connectivity index (χ4n) is 3.11. The van der Waals surface area contributed by atoms with E-state index in [1.165, 1.54) is 31.3 Å². The van der Waals surface area contributed by atoms with Gasteiger partial charge in [0, 0.05) is 25.8 Å². The van der Waals surface area contributed by atoms with Crippen LogP contribution in [0.15, 0.2) is 23.9 Å². The Morgan fingerprint density at radius 2 is 2.09 bits per heavy atom. The van der Waals surface area contributed by atoms with Gasteiger partial charge in [-0.15, -0.1) is 0 Å². The van der Waals surface area contributed by atoms with Crippen LogP contribution in [0, 0.1) is 0 Å². The molecule has 2 heterocycles. The highest BCUT2D eigenvalue weighted by molar-refractivity contribution is 5.92. The summed E-state index contributed by atoms with van der Waals surface area (Å²) in [6.07, 6.45) is 12.3. The molecule has 1 aliphatic heterocycles. The molecule has 1 saturated heterocycles. The number of hydrogen-bond donors (Lipinski definition) is 1. The average molecular weight is 300 g/mol. The highest BCUT2D eigenvalue weighted by Gasteiger charge is 2.20. The molecule has 5 nitrogen and oxygen atoms in total. The molecule has 2 aliphatic rings. The Hall–Kier alpha value is -1.91. The van der Waals surface area contributed by atoms with Crippen LogP contribution in [0.5, 0.6) is 0 Å². The summed E-state index contributed by atoms with van der Waals surface area (Å²) >= 11 is 0.